The largest absolute Gasteiger partial charge is 0.352 e. The first-order valence-electron chi connectivity index (χ1n) is 7.08. The number of nitrogens with zero attached hydrogens (tertiary/aromatic N) is 1. The lowest BCUT2D eigenvalue weighted by Gasteiger charge is -2.20. The van der Waals surface area contributed by atoms with Crippen LogP contribution in [0.2, 0.25) is 0 Å². The van der Waals surface area contributed by atoms with Crippen molar-refractivity contribution in [3.8, 4) is 11.1 Å². The van der Waals surface area contributed by atoms with E-state index >= 15 is 0 Å². The second kappa shape index (κ2) is 4.45. The van der Waals surface area contributed by atoms with Gasteiger partial charge in [-0.25, -0.2) is 4.98 Å². The summed E-state index contributed by atoms with van der Waals surface area (Å²) >= 11 is 0. The molecule has 4 heteroatoms. The molecule has 21 heavy (non-hydrogen) atoms. The number of benzene rings is 1. The van der Waals surface area contributed by atoms with Crippen LogP contribution in [0.4, 0.5) is 0 Å². The Balaban J connectivity index is 2.02. The zero-order chi connectivity index (χ0) is 14.4. The van der Waals surface area contributed by atoms with Gasteiger partial charge < -0.3 is 10.3 Å². The monoisotopic (exact) mass is 277 g/mol. The van der Waals surface area contributed by atoms with Crippen molar-refractivity contribution >= 4 is 16.9 Å². The van der Waals surface area contributed by atoms with Crippen LogP contribution < -0.4 is 5.32 Å². The van der Waals surface area contributed by atoms with E-state index in [0.717, 1.165) is 45.3 Å². The predicted molar refractivity (Wildman–Crippen MR) is 82.3 cm³/mol. The fraction of sp³-hybridized carbons (Fsp3) is 0.176. The van der Waals surface area contributed by atoms with Crippen LogP contribution in [0, 0.1) is 6.92 Å². The van der Waals surface area contributed by atoms with Gasteiger partial charge in [0.05, 0.1) is 0 Å². The first-order chi connectivity index (χ1) is 10.2. The number of fused-ring (bicyclic) bond motifs is 2. The van der Waals surface area contributed by atoms with Gasteiger partial charge >= 0.3 is 0 Å². The molecule has 1 aliphatic heterocycles. The molecule has 3 aromatic rings. The molecule has 2 N–H and O–H groups in total. The third kappa shape index (κ3) is 1.83. The molecule has 4 rings (SSSR count). The highest BCUT2D eigenvalue weighted by molar-refractivity contribution is 6.01. The Morgan fingerprint density at radius 2 is 2.05 bits per heavy atom. The first-order valence-corrected chi connectivity index (χ1v) is 7.08. The van der Waals surface area contributed by atoms with E-state index in [1.54, 1.807) is 6.20 Å². The van der Waals surface area contributed by atoms with E-state index in [-0.39, 0.29) is 5.91 Å². The highest BCUT2D eigenvalue weighted by Crippen LogP contribution is 2.34. The fourth-order valence-corrected chi connectivity index (χ4v) is 3.10. The number of hydrogen-bond donors (Lipinski definition) is 2. The molecule has 0 radical (unpaired) electrons. The number of carbonyl (C=O) groups is 1. The first kappa shape index (κ1) is 12.1. The van der Waals surface area contributed by atoms with Gasteiger partial charge in [0.15, 0.2) is 0 Å². The van der Waals surface area contributed by atoms with Gasteiger partial charge in [-0.15, -0.1) is 0 Å². The van der Waals surface area contributed by atoms with Gasteiger partial charge in [0.25, 0.3) is 5.91 Å². The van der Waals surface area contributed by atoms with Crippen molar-refractivity contribution in [3.63, 3.8) is 0 Å². The van der Waals surface area contributed by atoms with Crippen molar-refractivity contribution in [1.29, 1.82) is 0 Å². The van der Waals surface area contributed by atoms with Crippen molar-refractivity contribution in [2.75, 3.05) is 6.54 Å². The van der Waals surface area contributed by atoms with E-state index in [0.29, 0.717) is 6.54 Å². The number of rotatable bonds is 1. The van der Waals surface area contributed by atoms with Gasteiger partial charge in [-0.3, -0.25) is 4.79 Å². The van der Waals surface area contributed by atoms with Gasteiger partial charge in [-0.2, -0.15) is 0 Å². The molecule has 1 aliphatic rings. The van der Waals surface area contributed by atoms with Crippen LogP contribution in [0.15, 0.2) is 36.7 Å². The van der Waals surface area contributed by atoms with Crippen LogP contribution in [0.25, 0.3) is 22.2 Å². The summed E-state index contributed by atoms with van der Waals surface area (Å²) < 4.78 is 0. The standard InChI is InChI=1S/C17H15N3O/c1-10-7-13(11-4-6-19-17(21)14(11)8-10)15-9-20-16-12(15)3-2-5-18-16/h2-3,5,7-9H,4,6H2,1H3,(H,18,20)(H,19,21). The number of aromatic nitrogens is 2. The van der Waals surface area contributed by atoms with E-state index in [4.69, 9.17) is 0 Å². The molecule has 1 aromatic carbocycles. The smallest absolute Gasteiger partial charge is 0.251 e. The lowest BCUT2D eigenvalue weighted by Crippen LogP contribution is -2.32. The average molecular weight is 277 g/mol. The number of amides is 1. The van der Waals surface area contributed by atoms with Crippen molar-refractivity contribution < 1.29 is 4.79 Å². The maximum absolute atomic E-state index is 12.1. The number of aromatic amines is 1. The Morgan fingerprint density at radius 3 is 2.95 bits per heavy atom. The topological polar surface area (TPSA) is 57.8 Å². The Kier molecular flexibility index (Phi) is 2.57. The number of carbonyl (C=O) groups excluding carboxylic acids is 1. The van der Waals surface area contributed by atoms with Gasteiger partial charge in [-0.1, -0.05) is 6.07 Å². The second-order valence-corrected chi connectivity index (χ2v) is 5.45. The fourth-order valence-electron chi connectivity index (χ4n) is 3.10. The summed E-state index contributed by atoms with van der Waals surface area (Å²) in [4.78, 5) is 19.6. The minimum atomic E-state index is 0.0270. The molecular weight excluding hydrogens is 262 g/mol. The minimum absolute atomic E-state index is 0.0270. The maximum atomic E-state index is 12.1. The summed E-state index contributed by atoms with van der Waals surface area (Å²) in [5.41, 5.74) is 6.16. The molecule has 104 valence electrons. The van der Waals surface area contributed by atoms with Crippen molar-refractivity contribution in [1.82, 2.24) is 15.3 Å². The van der Waals surface area contributed by atoms with Crippen LogP contribution in [0.5, 0.6) is 0 Å². The second-order valence-electron chi connectivity index (χ2n) is 5.45. The molecule has 4 nitrogen and oxygen atoms in total. The Morgan fingerprint density at radius 1 is 1.19 bits per heavy atom. The van der Waals surface area contributed by atoms with Crippen LogP contribution in [0.3, 0.4) is 0 Å². The Hall–Kier alpha value is -2.62. The molecule has 0 bridgehead atoms. The number of nitrogens with one attached hydrogen (secondary N) is 2. The van der Waals surface area contributed by atoms with E-state index in [2.05, 4.69) is 27.4 Å². The number of hydrogen-bond acceptors (Lipinski definition) is 2. The Labute approximate surface area is 122 Å². The summed E-state index contributed by atoms with van der Waals surface area (Å²) in [5, 5.41) is 4.01. The number of H-pyrrole nitrogens is 1. The van der Waals surface area contributed by atoms with E-state index in [1.807, 2.05) is 25.3 Å². The normalized spacial score (nSPS) is 14.0. The lowest BCUT2D eigenvalue weighted by atomic mass is 9.89. The lowest BCUT2D eigenvalue weighted by molar-refractivity contribution is 0.0946. The molecule has 1 amide bonds. The quantitative estimate of drug-likeness (QED) is 0.718. The van der Waals surface area contributed by atoms with Crippen LogP contribution >= 0.6 is 0 Å². The number of pyridine rings is 1. The van der Waals surface area contributed by atoms with Crippen molar-refractivity contribution in [3.05, 3.63) is 53.3 Å². The van der Waals surface area contributed by atoms with E-state index in [1.165, 1.54) is 0 Å². The molecule has 0 aliphatic carbocycles. The summed E-state index contributed by atoms with van der Waals surface area (Å²) in [6.07, 6.45) is 4.63. The van der Waals surface area contributed by atoms with Crippen molar-refractivity contribution in [2.45, 2.75) is 13.3 Å². The zero-order valence-electron chi connectivity index (χ0n) is 11.7. The van der Waals surface area contributed by atoms with Gasteiger partial charge in [-0.05, 0) is 48.2 Å². The van der Waals surface area contributed by atoms with Crippen LogP contribution in [-0.2, 0) is 6.42 Å². The van der Waals surface area contributed by atoms with Crippen molar-refractivity contribution in [2.24, 2.45) is 0 Å². The van der Waals surface area contributed by atoms with Gasteiger partial charge in [0.1, 0.15) is 5.65 Å². The zero-order valence-corrected chi connectivity index (χ0v) is 11.7. The maximum Gasteiger partial charge on any atom is 0.251 e. The van der Waals surface area contributed by atoms with E-state index in [9.17, 15) is 4.79 Å². The molecule has 3 heterocycles. The van der Waals surface area contributed by atoms with Crippen LogP contribution in [-0.4, -0.2) is 22.4 Å². The minimum Gasteiger partial charge on any atom is -0.352 e. The summed E-state index contributed by atoms with van der Waals surface area (Å²) in [6, 6.07) is 8.13. The van der Waals surface area contributed by atoms with Gasteiger partial charge in [0, 0.05) is 35.5 Å². The highest BCUT2D eigenvalue weighted by atomic mass is 16.1. The van der Waals surface area contributed by atoms with Crippen LogP contribution in [0.1, 0.15) is 21.5 Å². The third-order valence-corrected chi connectivity index (χ3v) is 4.04. The SMILES string of the molecule is Cc1cc2c(c(-c3c[nH]c4ncccc34)c1)CCNC2=O. The van der Waals surface area contributed by atoms with E-state index < -0.39 is 0 Å². The molecule has 0 saturated carbocycles. The summed E-state index contributed by atoms with van der Waals surface area (Å²) in [6.45, 7) is 2.72. The molecule has 0 fully saturated rings. The highest BCUT2D eigenvalue weighted by Gasteiger charge is 2.21. The molecule has 2 aromatic heterocycles. The average Bonchev–Trinajstić information content (AvgIpc) is 2.91. The number of aryl methyl sites for hydroxylation is 1. The Bertz CT molecular complexity index is 864. The predicted octanol–water partition coefficient (Wildman–Crippen LogP) is 2.82. The molecular formula is C17H15N3O. The molecule has 0 spiro atoms. The summed E-state index contributed by atoms with van der Waals surface area (Å²) in [5.74, 6) is 0.0270. The molecule has 0 atom stereocenters. The molecule has 0 unspecified atom stereocenters. The van der Waals surface area contributed by atoms with Gasteiger partial charge in [0.2, 0.25) is 0 Å². The third-order valence-electron chi connectivity index (χ3n) is 4.04. The molecule has 0 saturated heterocycles. The summed E-state index contributed by atoms with van der Waals surface area (Å²) in [7, 11) is 0.